The van der Waals surface area contributed by atoms with E-state index in [0.29, 0.717) is 6.10 Å². The zero-order chi connectivity index (χ0) is 13.5. The van der Waals surface area contributed by atoms with Crippen LogP contribution in [-0.4, -0.2) is 12.7 Å². The maximum atomic E-state index is 5.79. The van der Waals surface area contributed by atoms with Crippen LogP contribution in [0.25, 0.3) is 0 Å². The maximum Gasteiger partial charge on any atom is 0.0648 e. The van der Waals surface area contributed by atoms with Crippen LogP contribution in [0.3, 0.4) is 0 Å². The van der Waals surface area contributed by atoms with Gasteiger partial charge in [-0.1, -0.05) is 12.2 Å². The van der Waals surface area contributed by atoms with Crippen molar-refractivity contribution in [2.24, 2.45) is 17.8 Å². The Bertz CT molecular complexity index is 267. The molecule has 1 nitrogen and oxygen atoms in total. The minimum Gasteiger partial charge on any atom is -0.374 e. The van der Waals surface area contributed by atoms with Crippen LogP contribution in [0.2, 0.25) is 0 Å². The number of rotatable bonds is 6. The highest BCUT2D eigenvalue weighted by Gasteiger charge is 2.30. The van der Waals surface area contributed by atoms with Crippen LogP contribution in [0.1, 0.15) is 57.8 Å². The van der Waals surface area contributed by atoms with E-state index in [0.717, 1.165) is 24.4 Å². The largest absolute Gasteiger partial charge is 0.374 e. The zero-order valence-electron chi connectivity index (χ0n) is 12.4. The molecule has 2 aliphatic rings. The molecular weight excluding hydrogens is 232 g/mol. The Morgan fingerprint density at radius 2 is 1.37 bits per heavy atom. The molecule has 0 aromatic carbocycles. The van der Waals surface area contributed by atoms with E-state index in [2.05, 4.69) is 19.2 Å². The number of hydrogen-bond acceptors (Lipinski definition) is 1. The SMILES string of the molecule is C=CCO[C@H]1CC[C@H]([C@H]2CC[C@H](CC=C)CC2)CC1. The molecule has 0 aromatic heterocycles. The lowest BCUT2D eigenvalue weighted by molar-refractivity contribution is 0.0213. The second-order valence-electron chi connectivity index (χ2n) is 6.46. The van der Waals surface area contributed by atoms with E-state index in [-0.39, 0.29) is 0 Å². The Morgan fingerprint density at radius 1 is 0.789 bits per heavy atom. The molecule has 0 saturated heterocycles. The second kappa shape index (κ2) is 7.89. The van der Waals surface area contributed by atoms with Gasteiger partial charge < -0.3 is 4.74 Å². The molecule has 0 aromatic rings. The fourth-order valence-electron chi connectivity index (χ4n) is 4.06. The van der Waals surface area contributed by atoms with Crippen LogP contribution >= 0.6 is 0 Å². The van der Waals surface area contributed by atoms with Gasteiger partial charge in [0.25, 0.3) is 0 Å². The minimum atomic E-state index is 0.506. The van der Waals surface area contributed by atoms with E-state index in [1.54, 1.807) is 0 Å². The molecule has 0 spiro atoms. The van der Waals surface area contributed by atoms with Gasteiger partial charge in [-0.3, -0.25) is 0 Å². The summed E-state index contributed by atoms with van der Waals surface area (Å²) < 4.78 is 5.79. The van der Waals surface area contributed by atoms with Crippen LogP contribution in [0.4, 0.5) is 0 Å². The Kier molecular flexibility index (Phi) is 6.16. The lowest BCUT2D eigenvalue weighted by Crippen LogP contribution is -2.28. The highest BCUT2D eigenvalue weighted by molar-refractivity contribution is 4.84. The molecular formula is C18H30O. The fourth-order valence-corrected chi connectivity index (χ4v) is 4.06. The first-order valence-corrected chi connectivity index (χ1v) is 8.16. The normalized spacial score (nSPS) is 35.8. The highest BCUT2D eigenvalue weighted by Crippen LogP contribution is 2.41. The van der Waals surface area contributed by atoms with Gasteiger partial charge in [-0.25, -0.2) is 0 Å². The number of hydrogen-bond donors (Lipinski definition) is 0. The first-order chi connectivity index (χ1) is 9.33. The van der Waals surface area contributed by atoms with Crippen LogP contribution in [0, 0.1) is 17.8 Å². The van der Waals surface area contributed by atoms with Gasteiger partial charge in [0.15, 0.2) is 0 Å². The summed E-state index contributed by atoms with van der Waals surface area (Å²) in [5, 5.41) is 0. The summed E-state index contributed by atoms with van der Waals surface area (Å²) in [6, 6.07) is 0. The third-order valence-electron chi connectivity index (χ3n) is 5.23. The molecule has 108 valence electrons. The molecule has 0 bridgehead atoms. The average Bonchev–Trinajstić information content (AvgIpc) is 2.47. The predicted octanol–water partition coefficient (Wildman–Crippen LogP) is 5.13. The summed E-state index contributed by atoms with van der Waals surface area (Å²) in [7, 11) is 0. The van der Waals surface area contributed by atoms with Crippen molar-refractivity contribution in [3.8, 4) is 0 Å². The van der Waals surface area contributed by atoms with Gasteiger partial charge in [-0.15, -0.1) is 13.2 Å². The molecule has 0 aliphatic heterocycles. The standard InChI is InChI=1S/C18H30O/c1-3-5-15-6-8-16(9-7-15)17-10-12-18(13-11-17)19-14-4-2/h3-4,15-18H,1-2,5-14H2/t15-,16-,17-,18-. The number of allylic oxidation sites excluding steroid dienone is 1. The molecule has 2 rings (SSSR count). The van der Waals surface area contributed by atoms with Gasteiger partial charge in [0.05, 0.1) is 12.7 Å². The molecule has 0 N–H and O–H groups in total. The van der Waals surface area contributed by atoms with Crippen LogP contribution < -0.4 is 0 Å². The molecule has 2 saturated carbocycles. The van der Waals surface area contributed by atoms with Crippen molar-refractivity contribution in [1.82, 2.24) is 0 Å². The molecule has 0 atom stereocenters. The number of ether oxygens (including phenoxy) is 1. The Morgan fingerprint density at radius 3 is 1.89 bits per heavy atom. The highest BCUT2D eigenvalue weighted by atomic mass is 16.5. The molecule has 0 amide bonds. The summed E-state index contributed by atoms with van der Waals surface area (Å²) in [6.45, 7) is 8.32. The zero-order valence-corrected chi connectivity index (χ0v) is 12.4. The Labute approximate surface area is 119 Å². The molecule has 2 fully saturated rings. The molecule has 0 unspecified atom stereocenters. The fraction of sp³-hybridized carbons (Fsp3) is 0.778. The van der Waals surface area contributed by atoms with Gasteiger partial charge in [-0.2, -0.15) is 0 Å². The van der Waals surface area contributed by atoms with Crippen molar-refractivity contribution in [2.45, 2.75) is 63.9 Å². The maximum absolute atomic E-state index is 5.79. The summed E-state index contributed by atoms with van der Waals surface area (Å²) in [5.41, 5.74) is 0. The Balaban J connectivity index is 1.67. The van der Waals surface area contributed by atoms with E-state index in [4.69, 9.17) is 4.74 Å². The van der Waals surface area contributed by atoms with Gasteiger partial charge >= 0.3 is 0 Å². The lowest BCUT2D eigenvalue weighted by Gasteiger charge is -2.37. The van der Waals surface area contributed by atoms with Gasteiger partial charge in [0.2, 0.25) is 0 Å². The van der Waals surface area contributed by atoms with Gasteiger partial charge in [-0.05, 0) is 75.5 Å². The Hall–Kier alpha value is -0.560. The monoisotopic (exact) mass is 262 g/mol. The molecule has 19 heavy (non-hydrogen) atoms. The molecule has 0 radical (unpaired) electrons. The summed E-state index contributed by atoms with van der Waals surface area (Å²) in [4.78, 5) is 0. The summed E-state index contributed by atoms with van der Waals surface area (Å²) in [6.07, 6.45) is 16.8. The van der Waals surface area contributed by atoms with Crippen molar-refractivity contribution < 1.29 is 4.74 Å². The van der Waals surface area contributed by atoms with E-state index in [1.807, 2.05) is 6.08 Å². The van der Waals surface area contributed by atoms with Crippen LogP contribution in [0.5, 0.6) is 0 Å². The van der Waals surface area contributed by atoms with Crippen molar-refractivity contribution in [3.63, 3.8) is 0 Å². The third-order valence-corrected chi connectivity index (χ3v) is 5.23. The molecule has 2 aliphatic carbocycles. The minimum absolute atomic E-state index is 0.506. The van der Waals surface area contributed by atoms with E-state index in [1.165, 1.54) is 57.8 Å². The van der Waals surface area contributed by atoms with E-state index >= 15 is 0 Å². The summed E-state index contributed by atoms with van der Waals surface area (Å²) >= 11 is 0. The molecule has 1 heteroatoms. The van der Waals surface area contributed by atoms with Crippen LogP contribution in [0.15, 0.2) is 25.3 Å². The quantitative estimate of drug-likeness (QED) is 0.603. The van der Waals surface area contributed by atoms with Gasteiger partial charge in [0, 0.05) is 0 Å². The van der Waals surface area contributed by atoms with E-state index < -0.39 is 0 Å². The smallest absolute Gasteiger partial charge is 0.0648 e. The third kappa shape index (κ3) is 4.49. The van der Waals surface area contributed by atoms with Crippen molar-refractivity contribution >= 4 is 0 Å². The van der Waals surface area contributed by atoms with Crippen molar-refractivity contribution in [2.75, 3.05) is 6.61 Å². The lowest BCUT2D eigenvalue weighted by atomic mass is 9.70. The first-order valence-electron chi connectivity index (χ1n) is 8.16. The van der Waals surface area contributed by atoms with Gasteiger partial charge in [0.1, 0.15) is 0 Å². The van der Waals surface area contributed by atoms with Crippen molar-refractivity contribution in [1.29, 1.82) is 0 Å². The summed E-state index contributed by atoms with van der Waals surface area (Å²) in [5.74, 6) is 2.91. The van der Waals surface area contributed by atoms with Crippen molar-refractivity contribution in [3.05, 3.63) is 25.3 Å². The predicted molar refractivity (Wildman–Crippen MR) is 82.2 cm³/mol. The van der Waals surface area contributed by atoms with E-state index in [9.17, 15) is 0 Å². The topological polar surface area (TPSA) is 9.23 Å². The molecule has 0 heterocycles. The van der Waals surface area contributed by atoms with Crippen LogP contribution in [-0.2, 0) is 4.74 Å². The second-order valence-corrected chi connectivity index (χ2v) is 6.46. The first kappa shape index (κ1) is 14.8. The average molecular weight is 262 g/mol.